The predicted octanol–water partition coefficient (Wildman–Crippen LogP) is 2.22. The summed E-state index contributed by atoms with van der Waals surface area (Å²) in [7, 11) is 0. The third-order valence-corrected chi connectivity index (χ3v) is 3.96. The molecule has 88 valence electrons. The van der Waals surface area contributed by atoms with E-state index in [0.717, 1.165) is 36.4 Å². The van der Waals surface area contributed by atoms with E-state index in [9.17, 15) is 4.79 Å². The Hall–Kier alpha value is -0.870. The summed E-state index contributed by atoms with van der Waals surface area (Å²) in [5.74, 6) is 0.187. The van der Waals surface area contributed by atoms with Gasteiger partial charge in [0.2, 0.25) is 0 Å². The van der Waals surface area contributed by atoms with Gasteiger partial charge < -0.3 is 10.6 Å². The van der Waals surface area contributed by atoms with Crippen molar-refractivity contribution < 1.29 is 4.79 Å². The van der Waals surface area contributed by atoms with Gasteiger partial charge >= 0.3 is 0 Å². The molecule has 0 radical (unpaired) electrons. The maximum atomic E-state index is 12.2. The van der Waals surface area contributed by atoms with Crippen LogP contribution in [0, 0.1) is 0 Å². The number of thiophene rings is 1. The van der Waals surface area contributed by atoms with Gasteiger partial charge in [0, 0.05) is 19.6 Å². The molecule has 1 fully saturated rings. The summed E-state index contributed by atoms with van der Waals surface area (Å²) in [5.41, 5.74) is 6.61. The Labute approximate surface area is 100 Å². The van der Waals surface area contributed by atoms with Gasteiger partial charge in [0.15, 0.2) is 0 Å². The minimum Gasteiger partial charge on any atom is -0.338 e. The standard InChI is InChI=1S/C12H18N2OS/c13-8-10-7-11(16-9-10)12(15)14-5-3-1-2-4-6-14/h7,9H,1-6,8,13H2. The summed E-state index contributed by atoms with van der Waals surface area (Å²) >= 11 is 1.51. The first-order valence-electron chi connectivity index (χ1n) is 5.88. The lowest BCUT2D eigenvalue weighted by Crippen LogP contribution is -2.31. The van der Waals surface area contributed by atoms with Gasteiger partial charge in [-0.3, -0.25) is 4.79 Å². The summed E-state index contributed by atoms with van der Waals surface area (Å²) in [4.78, 5) is 15.0. The van der Waals surface area contributed by atoms with Crippen LogP contribution in [-0.2, 0) is 6.54 Å². The lowest BCUT2D eigenvalue weighted by atomic mass is 10.2. The van der Waals surface area contributed by atoms with Gasteiger partial charge in [0.1, 0.15) is 0 Å². The molecule has 4 heteroatoms. The van der Waals surface area contributed by atoms with Crippen LogP contribution in [0.3, 0.4) is 0 Å². The zero-order valence-corrected chi connectivity index (χ0v) is 10.3. The molecule has 1 aromatic rings. The second kappa shape index (κ2) is 5.46. The topological polar surface area (TPSA) is 46.3 Å². The Morgan fingerprint density at radius 2 is 2.00 bits per heavy atom. The molecule has 0 saturated carbocycles. The Morgan fingerprint density at radius 3 is 2.56 bits per heavy atom. The Kier molecular flexibility index (Phi) is 3.96. The van der Waals surface area contributed by atoms with Crippen molar-refractivity contribution in [3.05, 3.63) is 21.9 Å². The quantitative estimate of drug-likeness (QED) is 0.858. The van der Waals surface area contributed by atoms with Gasteiger partial charge in [0.25, 0.3) is 5.91 Å². The fraction of sp³-hybridized carbons (Fsp3) is 0.583. The van der Waals surface area contributed by atoms with E-state index in [4.69, 9.17) is 5.73 Å². The number of amides is 1. The molecule has 3 nitrogen and oxygen atoms in total. The maximum absolute atomic E-state index is 12.2. The summed E-state index contributed by atoms with van der Waals surface area (Å²) in [6, 6.07) is 1.93. The number of rotatable bonds is 2. The fourth-order valence-electron chi connectivity index (χ4n) is 2.02. The molecule has 1 saturated heterocycles. The minimum atomic E-state index is 0.187. The molecule has 2 heterocycles. The van der Waals surface area contributed by atoms with Gasteiger partial charge in [-0.2, -0.15) is 0 Å². The number of hydrogen-bond donors (Lipinski definition) is 1. The SMILES string of the molecule is NCc1csc(C(=O)N2CCCCCC2)c1. The predicted molar refractivity (Wildman–Crippen MR) is 66.6 cm³/mol. The Bertz CT molecular complexity index is 354. The van der Waals surface area contributed by atoms with Crippen molar-refractivity contribution in [2.45, 2.75) is 32.2 Å². The second-order valence-electron chi connectivity index (χ2n) is 4.23. The average molecular weight is 238 g/mol. The summed E-state index contributed by atoms with van der Waals surface area (Å²) in [5, 5.41) is 1.98. The molecule has 0 aliphatic carbocycles. The first-order chi connectivity index (χ1) is 7.81. The molecule has 2 N–H and O–H groups in total. The average Bonchev–Trinajstić information content (AvgIpc) is 2.62. The van der Waals surface area contributed by atoms with Crippen LogP contribution in [0.4, 0.5) is 0 Å². The molecule has 0 spiro atoms. The van der Waals surface area contributed by atoms with E-state index in [1.807, 2.05) is 16.3 Å². The third-order valence-electron chi connectivity index (χ3n) is 2.99. The van der Waals surface area contributed by atoms with Crippen LogP contribution in [-0.4, -0.2) is 23.9 Å². The zero-order valence-electron chi connectivity index (χ0n) is 9.45. The van der Waals surface area contributed by atoms with Crippen LogP contribution in [0.15, 0.2) is 11.4 Å². The van der Waals surface area contributed by atoms with E-state index >= 15 is 0 Å². The third kappa shape index (κ3) is 2.62. The van der Waals surface area contributed by atoms with Crippen molar-refractivity contribution in [2.75, 3.05) is 13.1 Å². The first-order valence-corrected chi connectivity index (χ1v) is 6.76. The van der Waals surface area contributed by atoms with E-state index in [-0.39, 0.29) is 5.91 Å². The van der Waals surface area contributed by atoms with E-state index in [1.54, 1.807) is 0 Å². The van der Waals surface area contributed by atoms with Gasteiger partial charge in [-0.05, 0) is 29.9 Å². The largest absolute Gasteiger partial charge is 0.338 e. The summed E-state index contributed by atoms with van der Waals surface area (Å²) in [6.07, 6.45) is 4.78. The fourth-order valence-corrected chi connectivity index (χ4v) is 2.92. The highest BCUT2D eigenvalue weighted by atomic mass is 32.1. The van der Waals surface area contributed by atoms with E-state index < -0.39 is 0 Å². The summed E-state index contributed by atoms with van der Waals surface area (Å²) < 4.78 is 0. The van der Waals surface area contributed by atoms with Crippen molar-refractivity contribution in [1.29, 1.82) is 0 Å². The number of carbonyl (C=O) groups is 1. The molecule has 1 amide bonds. The molecular weight excluding hydrogens is 220 g/mol. The molecule has 0 unspecified atom stereocenters. The molecule has 2 rings (SSSR count). The molecular formula is C12H18N2OS. The van der Waals surface area contributed by atoms with Gasteiger partial charge in [-0.1, -0.05) is 12.8 Å². The molecule has 1 aliphatic heterocycles. The lowest BCUT2D eigenvalue weighted by molar-refractivity contribution is 0.0766. The van der Waals surface area contributed by atoms with Crippen LogP contribution in [0.25, 0.3) is 0 Å². The number of nitrogens with zero attached hydrogens (tertiary/aromatic N) is 1. The van der Waals surface area contributed by atoms with Crippen molar-refractivity contribution in [1.82, 2.24) is 4.90 Å². The molecule has 1 aliphatic rings. The first kappa shape index (κ1) is 11.6. The molecule has 0 aromatic carbocycles. The van der Waals surface area contributed by atoms with Gasteiger partial charge in [0.05, 0.1) is 4.88 Å². The monoisotopic (exact) mass is 238 g/mol. The smallest absolute Gasteiger partial charge is 0.263 e. The molecule has 0 bridgehead atoms. The highest BCUT2D eigenvalue weighted by molar-refractivity contribution is 7.12. The minimum absolute atomic E-state index is 0.187. The van der Waals surface area contributed by atoms with Crippen LogP contribution in [0.2, 0.25) is 0 Å². The number of nitrogens with two attached hydrogens (primary N) is 1. The number of likely N-dealkylation sites (tertiary alicyclic amines) is 1. The highest BCUT2D eigenvalue weighted by Crippen LogP contribution is 2.19. The molecule has 0 atom stereocenters. The van der Waals surface area contributed by atoms with Gasteiger partial charge in [-0.25, -0.2) is 0 Å². The van der Waals surface area contributed by atoms with E-state index in [1.165, 1.54) is 24.2 Å². The second-order valence-corrected chi connectivity index (χ2v) is 5.14. The maximum Gasteiger partial charge on any atom is 0.263 e. The normalized spacial score (nSPS) is 17.2. The number of carbonyl (C=O) groups excluding carboxylic acids is 1. The van der Waals surface area contributed by atoms with E-state index in [0.29, 0.717) is 6.54 Å². The van der Waals surface area contributed by atoms with Crippen molar-refractivity contribution >= 4 is 17.2 Å². The Balaban J connectivity index is 2.05. The lowest BCUT2D eigenvalue weighted by Gasteiger charge is -2.19. The van der Waals surface area contributed by atoms with Crippen molar-refractivity contribution in [2.24, 2.45) is 5.73 Å². The van der Waals surface area contributed by atoms with E-state index in [2.05, 4.69) is 0 Å². The highest BCUT2D eigenvalue weighted by Gasteiger charge is 2.18. The number of hydrogen-bond acceptors (Lipinski definition) is 3. The van der Waals surface area contributed by atoms with Crippen molar-refractivity contribution in [3.63, 3.8) is 0 Å². The Morgan fingerprint density at radius 1 is 1.31 bits per heavy atom. The van der Waals surface area contributed by atoms with Crippen LogP contribution in [0.1, 0.15) is 40.9 Å². The molecule has 16 heavy (non-hydrogen) atoms. The zero-order chi connectivity index (χ0) is 11.4. The van der Waals surface area contributed by atoms with Crippen molar-refractivity contribution in [3.8, 4) is 0 Å². The van der Waals surface area contributed by atoms with Crippen LogP contribution in [0.5, 0.6) is 0 Å². The van der Waals surface area contributed by atoms with Crippen LogP contribution >= 0.6 is 11.3 Å². The van der Waals surface area contributed by atoms with Gasteiger partial charge in [-0.15, -0.1) is 11.3 Å². The summed E-state index contributed by atoms with van der Waals surface area (Å²) in [6.45, 7) is 2.34. The molecule has 1 aromatic heterocycles. The van der Waals surface area contributed by atoms with Crippen LogP contribution < -0.4 is 5.73 Å².